The molecule has 0 amide bonds. The average Bonchev–Trinajstić information content (AvgIpc) is 2.54. The van der Waals surface area contributed by atoms with Crippen molar-refractivity contribution >= 4 is 15.7 Å². The highest BCUT2D eigenvalue weighted by atomic mass is 32.2. The van der Waals surface area contributed by atoms with Crippen LogP contribution in [0.3, 0.4) is 0 Å². The van der Waals surface area contributed by atoms with Crippen LogP contribution in [-0.4, -0.2) is 28.6 Å². The van der Waals surface area contributed by atoms with E-state index < -0.39 is 10.0 Å². The number of sulfonamides is 1. The first-order valence-corrected chi connectivity index (χ1v) is 8.97. The fourth-order valence-corrected chi connectivity index (χ4v) is 3.64. The minimum atomic E-state index is -3.36. The molecule has 0 bridgehead atoms. The summed E-state index contributed by atoms with van der Waals surface area (Å²) in [5.74, 6) is 0. The molecule has 1 aliphatic rings. The van der Waals surface area contributed by atoms with Gasteiger partial charge in [-0.25, -0.2) is 13.1 Å². The van der Waals surface area contributed by atoms with Gasteiger partial charge < -0.3 is 11.1 Å². The molecule has 6 heteroatoms. The summed E-state index contributed by atoms with van der Waals surface area (Å²) in [6.45, 7) is 1.55. The molecular weight excluding hydrogens is 286 g/mol. The Bertz CT molecular complexity index is 549. The highest BCUT2D eigenvalue weighted by molar-refractivity contribution is 7.89. The molecule has 0 aliphatic heterocycles. The second-order valence-corrected chi connectivity index (χ2v) is 7.74. The van der Waals surface area contributed by atoms with E-state index in [-0.39, 0.29) is 10.3 Å². The van der Waals surface area contributed by atoms with Crippen molar-refractivity contribution in [3.8, 4) is 0 Å². The number of rotatable bonds is 6. The van der Waals surface area contributed by atoms with Crippen molar-refractivity contribution in [1.82, 2.24) is 4.72 Å². The molecule has 0 saturated heterocycles. The maximum absolute atomic E-state index is 11.7. The summed E-state index contributed by atoms with van der Waals surface area (Å²) in [6.07, 6.45) is 6.14. The van der Waals surface area contributed by atoms with Crippen molar-refractivity contribution in [3.05, 3.63) is 24.3 Å². The monoisotopic (exact) mass is 311 g/mol. The Kier molecular flexibility index (Phi) is 5.24. The zero-order chi connectivity index (χ0) is 15.3. The zero-order valence-electron chi connectivity index (χ0n) is 12.6. The maximum Gasteiger partial charge on any atom is 0.240 e. The molecule has 1 saturated carbocycles. The summed E-state index contributed by atoms with van der Waals surface area (Å²) < 4.78 is 25.6. The Morgan fingerprint density at radius 3 is 2.29 bits per heavy atom. The lowest BCUT2D eigenvalue weighted by molar-refractivity contribution is 0.215. The first-order chi connectivity index (χ1) is 10.0. The van der Waals surface area contributed by atoms with Crippen LogP contribution in [0.1, 0.15) is 32.1 Å². The number of hydrogen-bond acceptors (Lipinski definition) is 4. The molecule has 0 heterocycles. The normalized spacial score (nSPS) is 18.4. The van der Waals surface area contributed by atoms with Crippen LogP contribution >= 0.6 is 0 Å². The second-order valence-electron chi connectivity index (χ2n) is 5.85. The molecular formula is C15H25N3O2S. The molecule has 0 spiro atoms. The third-order valence-electron chi connectivity index (χ3n) is 4.45. The predicted molar refractivity (Wildman–Crippen MR) is 85.7 cm³/mol. The fourth-order valence-electron chi connectivity index (χ4n) is 2.91. The third-order valence-corrected chi connectivity index (χ3v) is 5.88. The van der Waals surface area contributed by atoms with Gasteiger partial charge in [0.05, 0.1) is 4.90 Å². The van der Waals surface area contributed by atoms with E-state index >= 15 is 0 Å². The molecule has 1 aliphatic carbocycles. The smallest absolute Gasteiger partial charge is 0.240 e. The van der Waals surface area contributed by atoms with Gasteiger partial charge in [0, 0.05) is 12.2 Å². The van der Waals surface area contributed by atoms with Crippen molar-refractivity contribution in [3.63, 3.8) is 0 Å². The highest BCUT2D eigenvalue weighted by Gasteiger charge is 2.30. The van der Waals surface area contributed by atoms with E-state index in [1.807, 2.05) is 0 Å². The average molecular weight is 311 g/mol. The summed E-state index contributed by atoms with van der Waals surface area (Å²) in [5.41, 5.74) is 7.10. The van der Waals surface area contributed by atoms with E-state index in [1.54, 1.807) is 24.3 Å². The van der Waals surface area contributed by atoms with Gasteiger partial charge in [0.1, 0.15) is 0 Å². The van der Waals surface area contributed by atoms with E-state index in [2.05, 4.69) is 10.0 Å². The van der Waals surface area contributed by atoms with E-state index in [0.717, 1.165) is 12.2 Å². The van der Waals surface area contributed by atoms with Crippen molar-refractivity contribution in [1.29, 1.82) is 0 Å². The van der Waals surface area contributed by atoms with Crippen molar-refractivity contribution in [2.75, 3.05) is 25.5 Å². The van der Waals surface area contributed by atoms with E-state index in [1.165, 1.54) is 39.2 Å². The minimum Gasteiger partial charge on any atom is -0.384 e. The first-order valence-electron chi connectivity index (χ1n) is 7.49. The van der Waals surface area contributed by atoms with Crippen LogP contribution in [0.4, 0.5) is 5.69 Å². The Balaban J connectivity index is 2.00. The molecule has 1 aromatic rings. The van der Waals surface area contributed by atoms with Gasteiger partial charge >= 0.3 is 0 Å². The number of nitrogens with two attached hydrogens (primary N) is 1. The molecule has 0 unspecified atom stereocenters. The molecule has 1 fully saturated rings. The summed E-state index contributed by atoms with van der Waals surface area (Å²) in [7, 11) is -1.95. The molecule has 1 aromatic carbocycles. The van der Waals surface area contributed by atoms with Crippen molar-refractivity contribution in [2.45, 2.75) is 37.0 Å². The van der Waals surface area contributed by atoms with E-state index in [0.29, 0.717) is 6.54 Å². The molecule has 0 atom stereocenters. The SMILES string of the molecule is CNS(=O)(=O)c1ccc(NCC2(CN)CCCCC2)cc1. The lowest BCUT2D eigenvalue weighted by Gasteiger charge is -2.36. The lowest BCUT2D eigenvalue weighted by atomic mass is 9.74. The topological polar surface area (TPSA) is 84.2 Å². The van der Waals surface area contributed by atoms with Crippen molar-refractivity contribution < 1.29 is 8.42 Å². The van der Waals surface area contributed by atoms with Gasteiger partial charge in [0.15, 0.2) is 0 Å². The number of anilines is 1. The van der Waals surface area contributed by atoms with Crippen LogP contribution in [0.15, 0.2) is 29.2 Å². The van der Waals surface area contributed by atoms with Gasteiger partial charge in [0.25, 0.3) is 0 Å². The largest absolute Gasteiger partial charge is 0.384 e. The third kappa shape index (κ3) is 3.96. The molecule has 5 nitrogen and oxygen atoms in total. The second kappa shape index (κ2) is 6.77. The Hall–Kier alpha value is -1.11. The van der Waals surface area contributed by atoms with Gasteiger partial charge in [-0.15, -0.1) is 0 Å². The molecule has 21 heavy (non-hydrogen) atoms. The standard InChI is InChI=1S/C15H25N3O2S/c1-17-21(19,20)14-7-5-13(6-8-14)18-12-15(11-16)9-3-2-4-10-15/h5-8,17-18H,2-4,9-12,16H2,1H3. The molecule has 2 rings (SSSR count). The van der Waals surface area contributed by atoms with Gasteiger partial charge in [-0.05, 0) is 56.1 Å². The number of nitrogens with one attached hydrogen (secondary N) is 2. The maximum atomic E-state index is 11.7. The quantitative estimate of drug-likeness (QED) is 0.749. The highest BCUT2D eigenvalue weighted by Crippen LogP contribution is 2.35. The molecule has 118 valence electrons. The van der Waals surface area contributed by atoms with Crippen molar-refractivity contribution in [2.24, 2.45) is 11.1 Å². The molecule has 0 aromatic heterocycles. The Morgan fingerprint density at radius 1 is 1.14 bits per heavy atom. The van der Waals surface area contributed by atoms with Crippen LogP contribution in [0, 0.1) is 5.41 Å². The number of hydrogen-bond donors (Lipinski definition) is 3. The summed E-state index contributed by atoms with van der Waals surface area (Å²) in [4.78, 5) is 0.279. The summed E-state index contributed by atoms with van der Waals surface area (Å²) >= 11 is 0. The minimum absolute atomic E-state index is 0.188. The van der Waals surface area contributed by atoms with Crippen LogP contribution in [0.5, 0.6) is 0 Å². The van der Waals surface area contributed by atoms with Gasteiger partial charge in [0.2, 0.25) is 10.0 Å². The van der Waals surface area contributed by atoms with Gasteiger partial charge in [-0.1, -0.05) is 19.3 Å². The lowest BCUT2D eigenvalue weighted by Crippen LogP contribution is -2.39. The van der Waals surface area contributed by atoms with E-state index in [9.17, 15) is 8.42 Å². The summed E-state index contributed by atoms with van der Waals surface area (Å²) in [5, 5.41) is 3.41. The predicted octanol–water partition coefficient (Wildman–Crippen LogP) is 1.92. The summed E-state index contributed by atoms with van der Waals surface area (Å²) in [6, 6.07) is 6.84. The molecule has 4 N–H and O–H groups in total. The Labute approximate surface area is 127 Å². The van der Waals surface area contributed by atoms with E-state index in [4.69, 9.17) is 5.73 Å². The van der Waals surface area contributed by atoms with Crippen LogP contribution < -0.4 is 15.8 Å². The zero-order valence-corrected chi connectivity index (χ0v) is 13.4. The van der Waals surface area contributed by atoms with Crippen LogP contribution in [0.2, 0.25) is 0 Å². The molecule has 0 radical (unpaired) electrons. The first kappa shape index (κ1) is 16.3. The Morgan fingerprint density at radius 2 is 1.76 bits per heavy atom. The van der Waals surface area contributed by atoms with Gasteiger partial charge in [-0.3, -0.25) is 0 Å². The van der Waals surface area contributed by atoms with Crippen LogP contribution in [0.25, 0.3) is 0 Å². The van der Waals surface area contributed by atoms with Crippen LogP contribution in [-0.2, 0) is 10.0 Å². The van der Waals surface area contributed by atoms with Gasteiger partial charge in [-0.2, -0.15) is 0 Å². The fraction of sp³-hybridized carbons (Fsp3) is 0.600. The number of benzene rings is 1.